The van der Waals surface area contributed by atoms with Gasteiger partial charge in [-0.2, -0.15) is 0 Å². The fourth-order valence-corrected chi connectivity index (χ4v) is 0.780. The van der Waals surface area contributed by atoms with Crippen LogP contribution in [-0.4, -0.2) is 25.0 Å². The summed E-state index contributed by atoms with van der Waals surface area (Å²) in [5.41, 5.74) is 0.526. The molecule has 4 heteroatoms. The van der Waals surface area contributed by atoms with E-state index in [2.05, 4.69) is 10.3 Å². The van der Waals surface area contributed by atoms with E-state index in [0.717, 1.165) is 0 Å². The number of aromatic nitrogens is 1. The molecule has 0 saturated heterocycles. The van der Waals surface area contributed by atoms with Crippen molar-refractivity contribution in [2.45, 2.75) is 0 Å². The number of amides is 1. The molecule has 1 aromatic heterocycles. The first-order valence-corrected chi connectivity index (χ1v) is 3.50. The molecule has 1 rings (SSSR count). The second-order valence-electron chi connectivity index (χ2n) is 2.17. The van der Waals surface area contributed by atoms with Crippen molar-refractivity contribution in [3.63, 3.8) is 0 Å². The maximum atomic E-state index is 11.0. The molecule has 1 heterocycles. The van der Waals surface area contributed by atoms with Crippen molar-refractivity contribution in [1.29, 1.82) is 0 Å². The maximum absolute atomic E-state index is 11.0. The Morgan fingerprint density at radius 1 is 1.58 bits per heavy atom. The normalized spacial score (nSPS) is 9.17. The van der Waals surface area contributed by atoms with Crippen LogP contribution in [0.4, 0.5) is 0 Å². The summed E-state index contributed by atoms with van der Waals surface area (Å²) in [5, 5.41) is 2.50. The van der Waals surface area contributed by atoms with Crippen LogP contribution in [0.2, 0.25) is 0 Å². The third-order valence-electron chi connectivity index (χ3n) is 1.43. The first kappa shape index (κ1) is 8.52. The monoisotopic (exact) mass is 166 g/mol. The fraction of sp³-hybridized carbons (Fsp3) is 0.250. The van der Waals surface area contributed by atoms with Crippen molar-refractivity contribution in [2.75, 3.05) is 14.2 Å². The second-order valence-corrected chi connectivity index (χ2v) is 2.17. The van der Waals surface area contributed by atoms with Crippen molar-refractivity contribution in [2.24, 2.45) is 0 Å². The van der Waals surface area contributed by atoms with Crippen LogP contribution >= 0.6 is 0 Å². The number of ether oxygens (including phenoxy) is 1. The molecule has 0 aromatic carbocycles. The lowest BCUT2D eigenvalue weighted by Crippen LogP contribution is -2.17. The minimum atomic E-state index is -0.148. The first-order valence-electron chi connectivity index (χ1n) is 3.50. The highest BCUT2D eigenvalue weighted by Crippen LogP contribution is 2.05. The minimum Gasteiger partial charge on any atom is -0.481 e. The van der Waals surface area contributed by atoms with Crippen LogP contribution in [0.15, 0.2) is 18.3 Å². The summed E-state index contributed by atoms with van der Waals surface area (Å²) < 4.78 is 4.84. The number of methoxy groups -OCH3 is 1. The number of hydrogen-bond acceptors (Lipinski definition) is 3. The van der Waals surface area contributed by atoms with Gasteiger partial charge in [-0.25, -0.2) is 4.98 Å². The number of rotatable bonds is 2. The van der Waals surface area contributed by atoms with E-state index in [4.69, 9.17) is 4.74 Å². The molecule has 0 radical (unpaired) electrons. The van der Waals surface area contributed by atoms with Crippen molar-refractivity contribution in [1.82, 2.24) is 10.3 Å². The van der Waals surface area contributed by atoms with E-state index < -0.39 is 0 Å². The first-order chi connectivity index (χ1) is 5.77. The summed E-state index contributed by atoms with van der Waals surface area (Å²) in [4.78, 5) is 14.9. The molecule has 0 aliphatic carbocycles. The third kappa shape index (κ3) is 1.72. The molecule has 0 bridgehead atoms. The Kier molecular flexibility index (Phi) is 2.63. The predicted molar refractivity (Wildman–Crippen MR) is 44.2 cm³/mol. The second kappa shape index (κ2) is 3.71. The molecule has 64 valence electrons. The van der Waals surface area contributed by atoms with E-state index in [1.807, 2.05) is 0 Å². The van der Waals surface area contributed by atoms with Crippen LogP contribution < -0.4 is 10.1 Å². The van der Waals surface area contributed by atoms with Gasteiger partial charge in [0.1, 0.15) is 0 Å². The number of carbonyl (C=O) groups excluding carboxylic acids is 1. The Morgan fingerprint density at radius 2 is 2.33 bits per heavy atom. The highest BCUT2D eigenvalue weighted by molar-refractivity contribution is 5.93. The van der Waals surface area contributed by atoms with Gasteiger partial charge in [0.15, 0.2) is 0 Å². The molecule has 0 aliphatic rings. The molecular weight excluding hydrogens is 156 g/mol. The Labute approximate surface area is 70.6 Å². The van der Waals surface area contributed by atoms with Crippen molar-refractivity contribution < 1.29 is 9.53 Å². The van der Waals surface area contributed by atoms with Gasteiger partial charge in [0.2, 0.25) is 5.88 Å². The van der Waals surface area contributed by atoms with Crippen LogP contribution in [0.1, 0.15) is 10.4 Å². The number of nitrogens with one attached hydrogen (secondary N) is 1. The quantitative estimate of drug-likeness (QED) is 0.694. The molecular formula is C8H10N2O2. The van der Waals surface area contributed by atoms with Crippen LogP contribution in [-0.2, 0) is 0 Å². The van der Waals surface area contributed by atoms with Gasteiger partial charge < -0.3 is 10.1 Å². The molecule has 0 fully saturated rings. The molecule has 12 heavy (non-hydrogen) atoms. The van der Waals surface area contributed by atoms with E-state index >= 15 is 0 Å². The summed E-state index contributed by atoms with van der Waals surface area (Å²) in [7, 11) is 3.11. The highest BCUT2D eigenvalue weighted by Gasteiger charge is 2.02. The topological polar surface area (TPSA) is 51.2 Å². The standard InChI is InChI=1S/C8H10N2O2/c1-9-8(11)6-3-4-7(12-2)10-5-6/h3-5H,1-2H3,(H,9,11). The van der Waals surface area contributed by atoms with E-state index in [1.54, 1.807) is 19.2 Å². The van der Waals surface area contributed by atoms with E-state index in [-0.39, 0.29) is 5.91 Å². The SMILES string of the molecule is CNC(=O)c1ccc(OC)nc1. The van der Waals surface area contributed by atoms with Gasteiger partial charge in [-0.3, -0.25) is 4.79 Å². The third-order valence-corrected chi connectivity index (χ3v) is 1.43. The number of carbonyl (C=O) groups is 1. The fourth-order valence-electron chi connectivity index (χ4n) is 0.780. The molecule has 0 spiro atoms. The zero-order valence-corrected chi connectivity index (χ0v) is 7.00. The zero-order chi connectivity index (χ0) is 8.97. The molecule has 1 N–H and O–H groups in total. The average Bonchev–Trinajstić information content (AvgIpc) is 2.17. The van der Waals surface area contributed by atoms with Gasteiger partial charge in [-0.15, -0.1) is 0 Å². The van der Waals surface area contributed by atoms with Crippen LogP contribution in [0.25, 0.3) is 0 Å². The van der Waals surface area contributed by atoms with E-state index in [9.17, 15) is 4.79 Å². The van der Waals surface area contributed by atoms with Crippen molar-refractivity contribution >= 4 is 5.91 Å². The number of nitrogens with zero attached hydrogens (tertiary/aromatic N) is 1. The van der Waals surface area contributed by atoms with Gasteiger partial charge in [-0.05, 0) is 6.07 Å². The number of hydrogen-bond donors (Lipinski definition) is 1. The Balaban J connectivity index is 2.84. The smallest absolute Gasteiger partial charge is 0.252 e. The van der Waals surface area contributed by atoms with Gasteiger partial charge in [0.25, 0.3) is 5.91 Å². The summed E-state index contributed by atoms with van der Waals surface area (Å²) in [6.07, 6.45) is 1.47. The predicted octanol–water partition coefficient (Wildman–Crippen LogP) is 0.450. The molecule has 0 saturated carbocycles. The largest absolute Gasteiger partial charge is 0.481 e. The number of pyridine rings is 1. The summed E-state index contributed by atoms with van der Waals surface area (Å²) in [6, 6.07) is 3.30. The van der Waals surface area contributed by atoms with E-state index in [1.165, 1.54) is 13.3 Å². The molecule has 1 aromatic rings. The molecule has 0 atom stereocenters. The van der Waals surface area contributed by atoms with Gasteiger partial charge in [0, 0.05) is 19.3 Å². The van der Waals surface area contributed by atoms with Crippen molar-refractivity contribution in [3.8, 4) is 5.88 Å². The lowest BCUT2D eigenvalue weighted by Gasteiger charge is -2.00. The van der Waals surface area contributed by atoms with Crippen LogP contribution in [0.5, 0.6) is 5.88 Å². The van der Waals surface area contributed by atoms with Crippen molar-refractivity contribution in [3.05, 3.63) is 23.9 Å². The highest BCUT2D eigenvalue weighted by atomic mass is 16.5. The molecule has 0 unspecified atom stereocenters. The Bertz CT molecular complexity index is 269. The molecule has 1 amide bonds. The van der Waals surface area contributed by atoms with Gasteiger partial charge in [-0.1, -0.05) is 0 Å². The summed E-state index contributed by atoms with van der Waals surface area (Å²) in [6.45, 7) is 0. The minimum absolute atomic E-state index is 0.148. The maximum Gasteiger partial charge on any atom is 0.252 e. The van der Waals surface area contributed by atoms with Crippen LogP contribution in [0, 0.1) is 0 Å². The summed E-state index contributed by atoms with van der Waals surface area (Å²) >= 11 is 0. The Morgan fingerprint density at radius 3 is 2.75 bits per heavy atom. The average molecular weight is 166 g/mol. The van der Waals surface area contributed by atoms with Gasteiger partial charge in [0.05, 0.1) is 12.7 Å². The zero-order valence-electron chi connectivity index (χ0n) is 7.00. The lowest BCUT2D eigenvalue weighted by atomic mass is 10.3. The Hall–Kier alpha value is -1.58. The molecule has 0 aliphatic heterocycles. The lowest BCUT2D eigenvalue weighted by molar-refractivity contribution is 0.0962. The van der Waals surface area contributed by atoms with E-state index in [0.29, 0.717) is 11.4 Å². The summed E-state index contributed by atoms with van der Waals surface area (Å²) in [5.74, 6) is 0.354. The van der Waals surface area contributed by atoms with Crippen LogP contribution in [0.3, 0.4) is 0 Å². The van der Waals surface area contributed by atoms with Gasteiger partial charge >= 0.3 is 0 Å². The molecule has 4 nitrogen and oxygen atoms in total.